The fourth-order valence-corrected chi connectivity index (χ4v) is 3.39. The average molecular weight is 555 g/mol. The number of benzene rings is 1. The summed E-state index contributed by atoms with van der Waals surface area (Å²) in [6.07, 6.45) is 4.41. The van der Waals surface area contributed by atoms with Crippen molar-refractivity contribution in [3.8, 4) is 0 Å². The number of guanidine groups is 1. The van der Waals surface area contributed by atoms with Crippen molar-refractivity contribution in [1.82, 2.24) is 10.6 Å². The zero-order valence-corrected chi connectivity index (χ0v) is 21.4. The Labute approximate surface area is 196 Å². The monoisotopic (exact) mass is 555 g/mol. The average Bonchev–Trinajstić information content (AvgIpc) is 2.62. The van der Waals surface area contributed by atoms with E-state index in [1.807, 2.05) is 0 Å². The molecule has 1 aromatic carbocycles. The van der Waals surface area contributed by atoms with Crippen LogP contribution in [0.1, 0.15) is 40.0 Å². The molecule has 30 heavy (non-hydrogen) atoms. The first-order valence-electron chi connectivity index (χ1n) is 9.74. The first-order valence-corrected chi connectivity index (χ1v) is 11.6. The van der Waals surface area contributed by atoms with Crippen molar-refractivity contribution < 1.29 is 13.3 Å². The summed E-state index contributed by atoms with van der Waals surface area (Å²) < 4.78 is 23.2. The van der Waals surface area contributed by atoms with E-state index < -0.39 is 14.8 Å². The number of hydrogen-bond acceptors (Lipinski definition) is 6. The van der Waals surface area contributed by atoms with Crippen molar-refractivity contribution in [1.29, 1.82) is 0 Å². The van der Waals surface area contributed by atoms with E-state index in [-0.39, 0.29) is 46.3 Å². The summed E-state index contributed by atoms with van der Waals surface area (Å²) in [4.78, 5) is 14.8. The quantitative estimate of drug-likeness (QED) is 0.0955. The Kier molecular flexibility index (Phi) is 12.9. The van der Waals surface area contributed by atoms with Crippen molar-refractivity contribution in [2.24, 2.45) is 10.9 Å². The number of halogens is 1. The van der Waals surface area contributed by atoms with E-state index in [9.17, 15) is 18.5 Å². The first kappa shape index (κ1) is 28.4. The smallest absolute Gasteiger partial charge is 0.293 e. The summed E-state index contributed by atoms with van der Waals surface area (Å²) in [5.41, 5.74) is 0.00315. The topological polar surface area (TPSA) is 126 Å². The normalized spacial score (nSPS) is 12.8. The number of nitro benzene ring substituents is 1. The zero-order chi connectivity index (χ0) is 22.0. The number of nitro groups is 1. The molecule has 1 unspecified atom stereocenters. The standard InChI is InChI=1S/C19H33N5O4S.HI/c1-14(2)7-6-8-15(3)23-19(20-4)22-12-11-21-17-10-9-16(29(5,27)28)13-18(17)24(25)26;/h9-10,13-15,21H,6-8,11-12H2,1-5H3,(H2,20,22,23);1H. The highest BCUT2D eigenvalue weighted by Crippen LogP contribution is 2.27. The van der Waals surface area contributed by atoms with E-state index in [2.05, 4.69) is 41.7 Å². The third-order valence-electron chi connectivity index (χ3n) is 4.35. The van der Waals surface area contributed by atoms with Gasteiger partial charge in [0, 0.05) is 38.5 Å². The van der Waals surface area contributed by atoms with Crippen LogP contribution in [0, 0.1) is 16.0 Å². The molecule has 0 aliphatic heterocycles. The number of nitrogens with zero attached hydrogens (tertiary/aromatic N) is 2. The van der Waals surface area contributed by atoms with Gasteiger partial charge in [-0.3, -0.25) is 15.1 Å². The van der Waals surface area contributed by atoms with Crippen LogP contribution in [0.3, 0.4) is 0 Å². The number of aliphatic imine (C=N–C) groups is 1. The van der Waals surface area contributed by atoms with E-state index >= 15 is 0 Å². The van der Waals surface area contributed by atoms with E-state index in [4.69, 9.17) is 0 Å². The maximum atomic E-state index is 11.6. The van der Waals surface area contributed by atoms with Gasteiger partial charge in [0.25, 0.3) is 5.69 Å². The molecule has 1 aromatic rings. The first-order chi connectivity index (χ1) is 13.5. The molecule has 172 valence electrons. The maximum absolute atomic E-state index is 11.6. The Morgan fingerprint density at radius 1 is 1.20 bits per heavy atom. The van der Waals surface area contributed by atoms with Gasteiger partial charge in [0.2, 0.25) is 0 Å². The Bertz CT molecular complexity index is 815. The number of nitrogens with one attached hydrogen (secondary N) is 3. The molecule has 0 spiro atoms. The molecule has 0 saturated carbocycles. The fraction of sp³-hybridized carbons (Fsp3) is 0.632. The van der Waals surface area contributed by atoms with Crippen LogP contribution in [0.4, 0.5) is 11.4 Å². The summed E-state index contributed by atoms with van der Waals surface area (Å²) in [7, 11) is -1.81. The van der Waals surface area contributed by atoms with Crippen molar-refractivity contribution in [3.63, 3.8) is 0 Å². The minimum Gasteiger partial charge on any atom is -0.378 e. The molecule has 0 saturated heterocycles. The molecule has 1 rings (SSSR count). The van der Waals surface area contributed by atoms with Crippen LogP contribution in [-0.4, -0.2) is 51.7 Å². The molecule has 0 heterocycles. The molecule has 1 atom stereocenters. The second kappa shape index (κ2) is 13.6. The Balaban J connectivity index is 0.00000841. The van der Waals surface area contributed by atoms with E-state index in [0.29, 0.717) is 25.0 Å². The van der Waals surface area contributed by atoms with Crippen molar-refractivity contribution in [2.45, 2.75) is 51.0 Å². The fourth-order valence-electron chi connectivity index (χ4n) is 2.75. The maximum Gasteiger partial charge on any atom is 0.293 e. The second-order valence-corrected chi connectivity index (χ2v) is 9.52. The Morgan fingerprint density at radius 3 is 2.40 bits per heavy atom. The van der Waals surface area contributed by atoms with Crippen LogP contribution in [0.2, 0.25) is 0 Å². The van der Waals surface area contributed by atoms with Gasteiger partial charge in [-0.05, 0) is 31.4 Å². The lowest BCUT2D eigenvalue weighted by Crippen LogP contribution is -2.43. The summed E-state index contributed by atoms with van der Waals surface area (Å²) in [6, 6.07) is 4.14. The number of anilines is 1. The number of hydrogen-bond donors (Lipinski definition) is 3. The predicted molar refractivity (Wildman–Crippen MR) is 133 cm³/mol. The predicted octanol–water partition coefficient (Wildman–Crippen LogP) is 3.41. The highest BCUT2D eigenvalue weighted by atomic mass is 127. The zero-order valence-electron chi connectivity index (χ0n) is 18.3. The molecule has 0 aromatic heterocycles. The lowest BCUT2D eigenvalue weighted by atomic mass is 10.0. The van der Waals surface area contributed by atoms with E-state index in [1.54, 1.807) is 7.05 Å². The highest BCUT2D eigenvalue weighted by Gasteiger charge is 2.18. The van der Waals surface area contributed by atoms with Gasteiger partial charge in [0.1, 0.15) is 5.69 Å². The molecule has 0 radical (unpaired) electrons. The van der Waals surface area contributed by atoms with Gasteiger partial charge in [-0.15, -0.1) is 24.0 Å². The summed E-state index contributed by atoms with van der Waals surface area (Å²) in [5.74, 6) is 1.37. The van der Waals surface area contributed by atoms with Crippen LogP contribution in [0.15, 0.2) is 28.1 Å². The highest BCUT2D eigenvalue weighted by molar-refractivity contribution is 14.0. The van der Waals surface area contributed by atoms with Crippen LogP contribution in [0.25, 0.3) is 0 Å². The van der Waals surface area contributed by atoms with E-state index in [0.717, 1.165) is 25.2 Å². The molecule has 3 N–H and O–H groups in total. The molecule has 9 nitrogen and oxygen atoms in total. The van der Waals surface area contributed by atoms with Crippen LogP contribution >= 0.6 is 24.0 Å². The van der Waals surface area contributed by atoms with Gasteiger partial charge in [-0.2, -0.15) is 0 Å². The Morgan fingerprint density at radius 2 is 1.87 bits per heavy atom. The van der Waals surface area contributed by atoms with Gasteiger partial charge in [-0.1, -0.05) is 26.7 Å². The molecular formula is C19H34IN5O4S. The number of rotatable bonds is 11. The minimum absolute atomic E-state index is 0. The van der Waals surface area contributed by atoms with Gasteiger partial charge in [0.05, 0.1) is 9.82 Å². The molecule has 0 amide bonds. The van der Waals surface area contributed by atoms with Gasteiger partial charge >= 0.3 is 0 Å². The lowest BCUT2D eigenvalue weighted by Gasteiger charge is -2.18. The van der Waals surface area contributed by atoms with Crippen LogP contribution < -0.4 is 16.0 Å². The lowest BCUT2D eigenvalue weighted by molar-refractivity contribution is -0.384. The van der Waals surface area contributed by atoms with Gasteiger partial charge < -0.3 is 16.0 Å². The molecule has 0 bridgehead atoms. The Hall–Kier alpha value is -1.63. The van der Waals surface area contributed by atoms with Crippen molar-refractivity contribution in [3.05, 3.63) is 28.3 Å². The SMILES string of the molecule is CN=C(NCCNc1ccc(S(C)(=O)=O)cc1[N+](=O)[O-])NC(C)CCCC(C)C.I. The summed E-state index contributed by atoms with van der Waals surface area (Å²) in [5, 5.41) is 20.7. The third-order valence-corrected chi connectivity index (χ3v) is 5.46. The van der Waals surface area contributed by atoms with Crippen LogP contribution in [-0.2, 0) is 9.84 Å². The molecule has 0 aliphatic rings. The molecular weight excluding hydrogens is 521 g/mol. The molecule has 0 aliphatic carbocycles. The van der Waals surface area contributed by atoms with Gasteiger partial charge in [0.15, 0.2) is 15.8 Å². The van der Waals surface area contributed by atoms with E-state index in [1.165, 1.54) is 18.6 Å². The molecule has 11 heteroatoms. The summed E-state index contributed by atoms with van der Waals surface area (Å²) in [6.45, 7) is 7.43. The molecule has 0 fully saturated rings. The second-order valence-electron chi connectivity index (χ2n) is 7.50. The van der Waals surface area contributed by atoms with Crippen molar-refractivity contribution in [2.75, 3.05) is 31.7 Å². The third kappa shape index (κ3) is 10.4. The van der Waals surface area contributed by atoms with Crippen LogP contribution in [0.5, 0.6) is 0 Å². The van der Waals surface area contributed by atoms with Gasteiger partial charge in [-0.25, -0.2) is 8.42 Å². The van der Waals surface area contributed by atoms with Crippen molar-refractivity contribution >= 4 is 51.1 Å². The minimum atomic E-state index is -3.51. The largest absolute Gasteiger partial charge is 0.378 e. The number of sulfone groups is 1. The summed E-state index contributed by atoms with van der Waals surface area (Å²) >= 11 is 0.